The average molecular weight is 362 g/mol. The van der Waals surface area contributed by atoms with Gasteiger partial charge in [0, 0.05) is 36.7 Å². The van der Waals surface area contributed by atoms with Gasteiger partial charge in [0.2, 0.25) is 10.0 Å². The van der Waals surface area contributed by atoms with Crippen molar-refractivity contribution in [2.75, 3.05) is 13.1 Å². The van der Waals surface area contributed by atoms with Gasteiger partial charge in [0.1, 0.15) is 4.90 Å². The average Bonchev–Trinajstić information content (AvgIpc) is 3.19. The van der Waals surface area contributed by atoms with E-state index >= 15 is 0 Å². The predicted octanol–water partition coefficient (Wildman–Crippen LogP) is 2.36. The van der Waals surface area contributed by atoms with Crippen LogP contribution in [-0.2, 0) is 21.9 Å². The molecule has 4 rings (SSSR count). The summed E-state index contributed by atoms with van der Waals surface area (Å²) >= 11 is 0. The van der Waals surface area contributed by atoms with E-state index in [1.807, 2.05) is 35.9 Å². The van der Waals surface area contributed by atoms with Crippen molar-refractivity contribution in [1.82, 2.24) is 8.87 Å². The Kier molecular flexibility index (Phi) is 3.53. The van der Waals surface area contributed by atoms with E-state index in [0.717, 1.165) is 18.4 Å². The topological polar surface area (TPSA) is 79.6 Å². The minimum absolute atomic E-state index is 0.0813. The highest BCUT2D eigenvalue weighted by atomic mass is 32.2. The van der Waals surface area contributed by atoms with Crippen LogP contribution < -0.4 is 0 Å². The standard InChI is InChI=1S/C18H22N2O4S/c1-12-16(14-7-3-4-8-15(14)19(12)2)25(23,24)20-10-13-6-5-9-18(13,11-20)17(21)22/h3-4,7-8,13H,5-6,9-11H2,1-2H3,(H,21,22)/t13-,18+/m0/s1. The number of hydrogen-bond acceptors (Lipinski definition) is 3. The summed E-state index contributed by atoms with van der Waals surface area (Å²) in [5.74, 6) is -0.947. The number of rotatable bonds is 3. The molecule has 134 valence electrons. The zero-order valence-electron chi connectivity index (χ0n) is 14.4. The molecule has 2 atom stereocenters. The summed E-state index contributed by atoms with van der Waals surface area (Å²) in [6, 6.07) is 7.44. The van der Waals surface area contributed by atoms with Crippen LogP contribution in [0.2, 0.25) is 0 Å². The molecule has 0 amide bonds. The van der Waals surface area contributed by atoms with Crippen LogP contribution in [0.4, 0.5) is 0 Å². The first-order valence-corrected chi connectivity index (χ1v) is 10.0. The Balaban J connectivity index is 1.82. The Morgan fingerprint density at radius 1 is 1.32 bits per heavy atom. The van der Waals surface area contributed by atoms with E-state index < -0.39 is 21.4 Å². The summed E-state index contributed by atoms with van der Waals surface area (Å²) in [7, 11) is -1.88. The van der Waals surface area contributed by atoms with Crippen molar-refractivity contribution in [2.24, 2.45) is 18.4 Å². The predicted molar refractivity (Wildman–Crippen MR) is 93.8 cm³/mol. The van der Waals surface area contributed by atoms with Crippen LogP contribution in [0.15, 0.2) is 29.2 Å². The van der Waals surface area contributed by atoms with Gasteiger partial charge >= 0.3 is 5.97 Å². The van der Waals surface area contributed by atoms with E-state index in [0.29, 0.717) is 28.9 Å². The van der Waals surface area contributed by atoms with Gasteiger partial charge < -0.3 is 9.67 Å². The zero-order valence-corrected chi connectivity index (χ0v) is 15.2. The van der Waals surface area contributed by atoms with Gasteiger partial charge in [-0.05, 0) is 31.7 Å². The van der Waals surface area contributed by atoms with Crippen LogP contribution in [0.3, 0.4) is 0 Å². The Labute approximate surface area is 147 Å². The highest BCUT2D eigenvalue weighted by Gasteiger charge is 2.57. The lowest BCUT2D eigenvalue weighted by atomic mass is 9.81. The molecule has 7 heteroatoms. The molecular formula is C18H22N2O4S. The van der Waals surface area contributed by atoms with Gasteiger partial charge in [-0.2, -0.15) is 4.31 Å². The Morgan fingerprint density at radius 2 is 2.04 bits per heavy atom. The van der Waals surface area contributed by atoms with E-state index in [-0.39, 0.29) is 12.5 Å². The second kappa shape index (κ2) is 5.32. The number of para-hydroxylation sites is 1. The molecular weight excluding hydrogens is 340 g/mol. The molecule has 2 aromatic rings. The molecule has 6 nitrogen and oxygen atoms in total. The number of carboxylic acid groups (broad SMARTS) is 1. The number of carboxylic acids is 1. The van der Waals surface area contributed by atoms with Crippen LogP contribution in [0, 0.1) is 18.3 Å². The first-order valence-electron chi connectivity index (χ1n) is 8.56. The fourth-order valence-corrected chi connectivity index (χ4v) is 6.71. The molecule has 0 unspecified atom stereocenters. The van der Waals surface area contributed by atoms with Gasteiger partial charge in [0.15, 0.2) is 0 Å². The maximum absolute atomic E-state index is 13.4. The number of aliphatic carboxylic acids is 1. The minimum Gasteiger partial charge on any atom is -0.481 e. The monoisotopic (exact) mass is 362 g/mol. The third kappa shape index (κ3) is 2.12. The van der Waals surface area contributed by atoms with Crippen molar-refractivity contribution in [1.29, 1.82) is 0 Å². The molecule has 2 heterocycles. The fourth-order valence-electron chi connectivity index (χ4n) is 4.72. The molecule has 2 fully saturated rings. The lowest BCUT2D eigenvalue weighted by molar-refractivity contribution is -0.149. The van der Waals surface area contributed by atoms with Crippen molar-refractivity contribution in [3.8, 4) is 0 Å². The SMILES string of the molecule is Cc1c(S(=O)(=O)N2C[C@@H]3CCC[C@@]3(C(=O)O)C2)c2ccccc2n1C. The molecule has 1 aliphatic carbocycles. The minimum atomic E-state index is -3.74. The summed E-state index contributed by atoms with van der Waals surface area (Å²) in [5.41, 5.74) is 0.638. The molecule has 0 spiro atoms. The van der Waals surface area contributed by atoms with Gasteiger partial charge in [-0.25, -0.2) is 8.42 Å². The zero-order chi connectivity index (χ0) is 18.0. The van der Waals surface area contributed by atoms with Crippen LogP contribution in [-0.4, -0.2) is 41.5 Å². The molecule has 0 radical (unpaired) electrons. The van der Waals surface area contributed by atoms with Crippen LogP contribution in [0.1, 0.15) is 25.0 Å². The van der Waals surface area contributed by atoms with Crippen molar-refractivity contribution in [2.45, 2.75) is 31.1 Å². The number of aryl methyl sites for hydroxylation is 1. The number of nitrogens with zero attached hydrogens (tertiary/aromatic N) is 2. The van der Waals surface area contributed by atoms with Crippen LogP contribution in [0.25, 0.3) is 10.9 Å². The molecule has 1 saturated carbocycles. The summed E-state index contributed by atoms with van der Waals surface area (Å²) in [6.45, 7) is 2.19. The molecule has 1 aliphatic heterocycles. The summed E-state index contributed by atoms with van der Waals surface area (Å²) in [6.07, 6.45) is 2.21. The quantitative estimate of drug-likeness (QED) is 0.909. The number of hydrogen-bond donors (Lipinski definition) is 1. The Hall–Kier alpha value is -1.86. The second-order valence-electron chi connectivity index (χ2n) is 7.34. The van der Waals surface area contributed by atoms with E-state index in [1.54, 1.807) is 6.92 Å². The van der Waals surface area contributed by atoms with Crippen molar-refractivity contribution in [3.05, 3.63) is 30.0 Å². The summed E-state index contributed by atoms with van der Waals surface area (Å²) < 4.78 is 30.1. The van der Waals surface area contributed by atoms with Crippen molar-refractivity contribution >= 4 is 26.9 Å². The lowest BCUT2D eigenvalue weighted by Crippen LogP contribution is -2.37. The summed E-state index contributed by atoms with van der Waals surface area (Å²) in [4.78, 5) is 12.2. The number of fused-ring (bicyclic) bond motifs is 2. The highest BCUT2D eigenvalue weighted by Crippen LogP contribution is 2.50. The fraction of sp³-hybridized carbons (Fsp3) is 0.500. The van der Waals surface area contributed by atoms with E-state index in [9.17, 15) is 18.3 Å². The molecule has 0 bridgehead atoms. The van der Waals surface area contributed by atoms with E-state index in [4.69, 9.17) is 0 Å². The Morgan fingerprint density at radius 3 is 2.72 bits per heavy atom. The number of aromatic nitrogens is 1. The number of sulfonamides is 1. The van der Waals surface area contributed by atoms with Crippen molar-refractivity contribution in [3.63, 3.8) is 0 Å². The Bertz CT molecular complexity index is 978. The lowest BCUT2D eigenvalue weighted by Gasteiger charge is -2.23. The van der Waals surface area contributed by atoms with Crippen LogP contribution in [0.5, 0.6) is 0 Å². The first kappa shape index (κ1) is 16.6. The van der Waals surface area contributed by atoms with Gasteiger partial charge in [-0.1, -0.05) is 24.6 Å². The van der Waals surface area contributed by atoms with Gasteiger partial charge in [-0.3, -0.25) is 4.79 Å². The third-order valence-electron chi connectivity index (χ3n) is 6.21. The molecule has 25 heavy (non-hydrogen) atoms. The second-order valence-corrected chi connectivity index (χ2v) is 9.21. The summed E-state index contributed by atoms with van der Waals surface area (Å²) in [5, 5.41) is 10.4. The molecule has 1 aromatic carbocycles. The maximum Gasteiger partial charge on any atom is 0.311 e. The molecule has 2 aliphatic rings. The van der Waals surface area contributed by atoms with Gasteiger partial charge in [0.25, 0.3) is 0 Å². The van der Waals surface area contributed by atoms with Gasteiger partial charge in [0.05, 0.1) is 5.41 Å². The third-order valence-corrected chi connectivity index (χ3v) is 8.19. The number of carbonyl (C=O) groups is 1. The van der Waals surface area contributed by atoms with Crippen molar-refractivity contribution < 1.29 is 18.3 Å². The normalized spacial score (nSPS) is 27.0. The molecule has 1 saturated heterocycles. The molecule has 1 aromatic heterocycles. The largest absolute Gasteiger partial charge is 0.481 e. The molecule has 1 N–H and O–H groups in total. The van der Waals surface area contributed by atoms with Gasteiger partial charge in [-0.15, -0.1) is 0 Å². The highest BCUT2D eigenvalue weighted by molar-refractivity contribution is 7.89. The first-order chi connectivity index (χ1) is 11.8. The van der Waals surface area contributed by atoms with Crippen LogP contribution >= 0.6 is 0 Å². The smallest absolute Gasteiger partial charge is 0.311 e. The van der Waals surface area contributed by atoms with E-state index in [1.165, 1.54) is 4.31 Å². The van der Waals surface area contributed by atoms with E-state index in [2.05, 4.69) is 0 Å². The maximum atomic E-state index is 13.4. The number of benzene rings is 1.